The van der Waals surface area contributed by atoms with Gasteiger partial charge in [0.1, 0.15) is 0 Å². The summed E-state index contributed by atoms with van der Waals surface area (Å²) in [5, 5.41) is 0. The Kier molecular flexibility index (Phi) is 4.86. The Bertz CT molecular complexity index is 1160. The van der Waals surface area contributed by atoms with Gasteiger partial charge in [-0.2, -0.15) is 0 Å². The van der Waals surface area contributed by atoms with Crippen LogP contribution in [0.2, 0.25) is 0 Å². The Labute approximate surface area is 186 Å². The van der Waals surface area contributed by atoms with Crippen LogP contribution in [-0.2, 0) is 27.4 Å². The van der Waals surface area contributed by atoms with E-state index in [1.165, 1.54) is 22.9 Å². The maximum Gasteiger partial charge on any atom is 0.269 e. The molecule has 156 valence electrons. The molecule has 2 heterocycles. The number of fused-ring (bicyclic) bond motifs is 2. The van der Waals surface area contributed by atoms with Crippen molar-refractivity contribution in [2.75, 3.05) is 15.6 Å². The Morgan fingerprint density at radius 1 is 0.903 bits per heavy atom. The first-order valence-corrected chi connectivity index (χ1v) is 11.6. The molecular weight excluding hydrogens is 404 g/mol. The van der Waals surface area contributed by atoms with E-state index in [9.17, 15) is 9.59 Å². The number of hydrogen-bond acceptors (Lipinski definition) is 3. The van der Waals surface area contributed by atoms with Gasteiger partial charge in [-0.25, -0.2) is 0 Å². The average Bonchev–Trinajstić information content (AvgIpc) is 3.26. The van der Waals surface area contributed by atoms with Crippen LogP contribution in [0.25, 0.3) is 0 Å². The third-order valence-corrected chi connectivity index (χ3v) is 7.51. The van der Waals surface area contributed by atoms with E-state index >= 15 is 0 Å². The summed E-state index contributed by atoms with van der Waals surface area (Å²) in [6, 6.07) is 24.1. The third-order valence-electron chi connectivity index (χ3n) is 6.13. The zero-order valence-electron chi connectivity index (χ0n) is 17.7. The number of para-hydroxylation sites is 1. The van der Waals surface area contributed by atoms with Crippen molar-refractivity contribution in [1.29, 1.82) is 0 Å². The van der Waals surface area contributed by atoms with E-state index in [-0.39, 0.29) is 17.6 Å². The molecule has 0 saturated carbocycles. The number of carbonyl (C=O) groups is 2. The van der Waals surface area contributed by atoms with Gasteiger partial charge in [0, 0.05) is 11.3 Å². The lowest BCUT2D eigenvalue weighted by molar-refractivity contribution is -0.123. The molecule has 0 radical (unpaired) electrons. The van der Waals surface area contributed by atoms with Gasteiger partial charge in [-0.15, -0.1) is 11.8 Å². The molecule has 5 heteroatoms. The van der Waals surface area contributed by atoms with Crippen LogP contribution < -0.4 is 9.80 Å². The molecule has 0 N–H and O–H groups in total. The summed E-state index contributed by atoms with van der Waals surface area (Å²) in [6.07, 6.45) is 0.931. The summed E-state index contributed by atoms with van der Waals surface area (Å²) < 4.78 is 0. The van der Waals surface area contributed by atoms with Crippen LogP contribution in [0, 0.1) is 6.92 Å². The molecule has 1 saturated heterocycles. The zero-order valence-corrected chi connectivity index (χ0v) is 18.5. The first-order chi connectivity index (χ1) is 15.0. The van der Waals surface area contributed by atoms with Crippen LogP contribution >= 0.6 is 11.8 Å². The van der Waals surface area contributed by atoms with Crippen molar-refractivity contribution in [2.45, 2.75) is 31.7 Å². The number of nitrogens with zero attached hydrogens (tertiary/aromatic N) is 2. The molecule has 3 aromatic rings. The number of carbonyl (C=O) groups excluding carboxylic acids is 2. The van der Waals surface area contributed by atoms with Gasteiger partial charge in [0.15, 0.2) is 0 Å². The number of rotatable bonds is 4. The average molecular weight is 429 g/mol. The minimum Gasteiger partial charge on any atom is -0.304 e. The molecule has 5 rings (SSSR count). The van der Waals surface area contributed by atoms with E-state index in [1.54, 1.807) is 4.90 Å². The van der Waals surface area contributed by atoms with Crippen LogP contribution in [0.4, 0.5) is 11.4 Å². The minimum atomic E-state index is -1.05. The molecule has 0 aromatic heterocycles. The molecule has 0 unspecified atom stereocenters. The second kappa shape index (κ2) is 7.57. The monoisotopic (exact) mass is 428 g/mol. The Morgan fingerprint density at radius 3 is 2.29 bits per heavy atom. The van der Waals surface area contributed by atoms with Gasteiger partial charge in [-0.1, -0.05) is 67.1 Å². The van der Waals surface area contributed by atoms with Gasteiger partial charge in [0.2, 0.25) is 10.8 Å². The largest absolute Gasteiger partial charge is 0.304 e. The summed E-state index contributed by atoms with van der Waals surface area (Å²) in [4.78, 5) is 29.6. The van der Waals surface area contributed by atoms with Crippen molar-refractivity contribution in [3.05, 3.63) is 95.1 Å². The molecule has 0 aliphatic carbocycles. The summed E-state index contributed by atoms with van der Waals surface area (Å²) in [7, 11) is 0. The highest BCUT2D eigenvalue weighted by Gasteiger charge is 2.60. The predicted molar refractivity (Wildman–Crippen MR) is 126 cm³/mol. The summed E-state index contributed by atoms with van der Waals surface area (Å²) in [5.41, 5.74) is 6.00. The number of thioether (sulfide) groups is 1. The molecule has 0 bridgehead atoms. The molecule has 4 nitrogen and oxygen atoms in total. The lowest BCUT2D eigenvalue weighted by atomic mass is 10.0. The SMILES string of the molecule is CCc1ccc(N2C(=O)CS[C@]23C(=O)N(Cc2ccc(C)cc2)c2ccccc23)cc1. The van der Waals surface area contributed by atoms with E-state index in [0.29, 0.717) is 6.54 Å². The highest BCUT2D eigenvalue weighted by Crippen LogP contribution is 2.55. The third kappa shape index (κ3) is 3.07. The van der Waals surface area contributed by atoms with Gasteiger partial charge in [0.05, 0.1) is 18.0 Å². The smallest absolute Gasteiger partial charge is 0.269 e. The topological polar surface area (TPSA) is 40.6 Å². The molecule has 3 aromatic carbocycles. The number of aryl methyl sites for hydroxylation is 2. The first-order valence-electron chi connectivity index (χ1n) is 10.6. The van der Waals surface area contributed by atoms with Gasteiger partial charge in [-0.05, 0) is 42.7 Å². The maximum absolute atomic E-state index is 14.0. The lowest BCUT2D eigenvalue weighted by Crippen LogP contribution is -2.49. The van der Waals surface area contributed by atoms with Gasteiger partial charge in [0.25, 0.3) is 5.91 Å². The molecule has 31 heavy (non-hydrogen) atoms. The fourth-order valence-electron chi connectivity index (χ4n) is 4.47. The summed E-state index contributed by atoms with van der Waals surface area (Å²) in [5.74, 6) is 0.202. The number of amides is 2. The van der Waals surface area contributed by atoms with Crippen molar-refractivity contribution < 1.29 is 9.59 Å². The molecule has 2 amide bonds. The van der Waals surface area contributed by atoms with Crippen LogP contribution in [0.3, 0.4) is 0 Å². The van der Waals surface area contributed by atoms with E-state index in [1.807, 2.05) is 53.4 Å². The molecule has 1 atom stereocenters. The number of anilines is 2. The Hall–Kier alpha value is -3.05. The van der Waals surface area contributed by atoms with E-state index in [4.69, 9.17) is 0 Å². The van der Waals surface area contributed by atoms with Crippen LogP contribution in [0.1, 0.15) is 29.2 Å². The quantitative estimate of drug-likeness (QED) is 0.585. The van der Waals surface area contributed by atoms with Crippen molar-refractivity contribution in [3.63, 3.8) is 0 Å². The Balaban J connectivity index is 1.61. The molecule has 1 fully saturated rings. The second-order valence-corrected chi connectivity index (χ2v) is 9.24. The summed E-state index contributed by atoms with van der Waals surface area (Å²) >= 11 is 1.43. The van der Waals surface area contributed by atoms with Crippen molar-refractivity contribution in [2.24, 2.45) is 0 Å². The lowest BCUT2D eigenvalue weighted by Gasteiger charge is -2.33. The Morgan fingerprint density at radius 2 is 1.58 bits per heavy atom. The molecule has 2 aliphatic rings. The fourth-order valence-corrected chi connectivity index (χ4v) is 5.83. The minimum absolute atomic E-state index is 0.0328. The van der Waals surface area contributed by atoms with Crippen molar-refractivity contribution >= 4 is 35.0 Å². The molecule has 1 spiro atoms. The van der Waals surface area contributed by atoms with Gasteiger partial charge < -0.3 is 4.90 Å². The standard InChI is InChI=1S/C26H24N2O2S/c1-3-19-12-14-21(15-13-19)28-24(29)17-31-26(28)22-6-4-5-7-23(22)27(25(26)30)16-20-10-8-18(2)9-11-20/h4-15H,3,16-17H2,1-2H3/t26-/m1/s1. The predicted octanol–water partition coefficient (Wildman–Crippen LogP) is 5.04. The number of hydrogen-bond donors (Lipinski definition) is 0. The van der Waals surface area contributed by atoms with Crippen LogP contribution in [-0.4, -0.2) is 17.6 Å². The van der Waals surface area contributed by atoms with Crippen molar-refractivity contribution in [1.82, 2.24) is 0 Å². The summed E-state index contributed by atoms with van der Waals surface area (Å²) in [6.45, 7) is 4.64. The van der Waals surface area contributed by atoms with Crippen molar-refractivity contribution in [3.8, 4) is 0 Å². The number of benzene rings is 3. The zero-order chi connectivity index (χ0) is 21.6. The van der Waals surface area contributed by atoms with E-state index < -0.39 is 4.87 Å². The normalized spacial score (nSPS) is 20.1. The van der Waals surface area contributed by atoms with Gasteiger partial charge in [-0.3, -0.25) is 14.5 Å². The van der Waals surface area contributed by atoms with E-state index in [2.05, 4.69) is 38.1 Å². The highest BCUT2D eigenvalue weighted by molar-refractivity contribution is 8.02. The van der Waals surface area contributed by atoms with Gasteiger partial charge >= 0.3 is 0 Å². The first kappa shape index (κ1) is 19.9. The molecular formula is C26H24N2O2S. The highest BCUT2D eigenvalue weighted by atomic mass is 32.2. The van der Waals surface area contributed by atoms with E-state index in [0.717, 1.165) is 28.9 Å². The molecule has 2 aliphatic heterocycles. The fraction of sp³-hybridized carbons (Fsp3) is 0.231. The maximum atomic E-state index is 14.0. The second-order valence-electron chi connectivity index (χ2n) is 8.08. The van der Waals surface area contributed by atoms with Crippen LogP contribution in [0.5, 0.6) is 0 Å². The van der Waals surface area contributed by atoms with Crippen LogP contribution in [0.15, 0.2) is 72.8 Å².